The molecule has 0 atom stereocenters. The summed E-state index contributed by atoms with van der Waals surface area (Å²) in [7, 11) is 0. The van der Waals surface area contributed by atoms with Gasteiger partial charge in [0.1, 0.15) is 23.0 Å². The largest absolute Gasteiger partial charge is 0.454 e. The number of furan rings is 2. The van der Waals surface area contributed by atoms with Crippen molar-refractivity contribution in [2.45, 2.75) is 0 Å². The molecule has 0 unspecified atom stereocenters. The molecule has 1 aliphatic heterocycles. The minimum atomic E-state index is 0.596. The molecule has 0 fully saturated rings. The third-order valence-corrected chi connectivity index (χ3v) is 5.24. The summed E-state index contributed by atoms with van der Waals surface area (Å²) in [6, 6.07) is 7.60. The van der Waals surface area contributed by atoms with Gasteiger partial charge in [0.2, 0.25) is 0 Å². The molecule has 0 saturated heterocycles. The van der Waals surface area contributed by atoms with Crippen molar-refractivity contribution in [1.82, 2.24) is 9.80 Å². The lowest BCUT2D eigenvalue weighted by Crippen LogP contribution is -2.33. The molecular formula is C24H36N8O2. The predicted molar refractivity (Wildman–Crippen MR) is 138 cm³/mol. The summed E-state index contributed by atoms with van der Waals surface area (Å²) in [6.07, 6.45) is 7.03. The molecule has 0 saturated carbocycles. The highest BCUT2D eigenvalue weighted by molar-refractivity contribution is 5.81. The molecule has 4 bridgehead atoms. The molecule has 0 spiro atoms. The van der Waals surface area contributed by atoms with Crippen molar-refractivity contribution < 1.29 is 8.83 Å². The van der Waals surface area contributed by atoms with Crippen molar-refractivity contribution in [3.05, 3.63) is 47.3 Å². The third kappa shape index (κ3) is 9.52. The van der Waals surface area contributed by atoms with Gasteiger partial charge in [0, 0.05) is 52.4 Å². The van der Waals surface area contributed by atoms with Gasteiger partial charge in [-0.3, -0.25) is 29.8 Å². The highest BCUT2D eigenvalue weighted by Crippen LogP contribution is 2.05. The van der Waals surface area contributed by atoms with Gasteiger partial charge in [0.05, 0.1) is 51.0 Å². The van der Waals surface area contributed by atoms with Gasteiger partial charge in [-0.1, -0.05) is 0 Å². The van der Waals surface area contributed by atoms with Crippen LogP contribution in [0.25, 0.3) is 0 Å². The van der Waals surface area contributed by atoms with Gasteiger partial charge in [-0.25, -0.2) is 0 Å². The Kier molecular flexibility index (Phi) is 11.4. The topological polar surface area (TPSA) is 134 Å². The molecule has 10 nitrogen and oxygen atoms in total. The van der Waals surface area contributed by atoms with E-state index in [1.165, 1.54) is 0 Å². The molecule has 2 aromatic rings. The van der Waals surface area contributed by atoms with Crippen molar-refractivity contribution >= 4 is 24.9 Å². The Balaban J connectivity index is 1.65. The second-order valence-corrected chi connectivity index (χ2v) is 7.88. The van der Waals surface area contributed by atoms with Gasteiger partial charge in [0.25, 0.3) is 0 Å². The molecular weight excluding hydrogens is 432 g/mol. The number of aliphatic imine (C=N–C) groups is 4. The minimum Gasteiger partial charge on any atom is -0.454 e. The van der Waals surface area contributed by atoms with Crippen LogP contribution in [0.5, 0.6) is 0 Å². The van der Waals surface area contributed by atoms with E-state index in [2.05, 4.69) is 29.8 Å². The van der Waals surface area contributed by atoms with Gasteiger partial charge in [-0.05, 0) is 24.3 Å². The molecule has 2 aromatic heterocycles. The summed E-state index contributed by atoms with van der Waals surface area (Å²) in [5, 5.41) is 0. The first kappa shape index (κ1) is 25.7. The van der Waals surface area contributed by atoms with Crippen LogP contribution < -0.4 is 11.5 Å². The van der Waals surface area contributed by atoms with Crippen molar-refractivity contribution in [3.8, 4) is 0 Å². The third-order valence-electron chi connectivity index (χ3n) is 5.24. The van der Waals surface area contributed by atoms with Gasteiger partial charge >= 0.3 is 0 Å². The highest BCUT2D eigenvalue weighted by Gasteiger charge is 2.05. The average Bonchev–Trinajstić information content (AvgIpc) is 3.48. The lowest BCUT2D eigenvalue weighted by molar-refractivity contribution is 0.297. The Bertz CT molecular complexity index is 805. The molecule has 3 rings (SSSR count). The van der Waals surface area contributed by atoms with Crippen LogP contribution in [-0.2, 0) is 0 Å². The minimum absolute atomic E-state index is 0.596. The number of fused-ring (bicyclic) bond motifs is 4. The predicted octanol–water partition coefficient (Wildman–Crippen LogP) is 0.783. The van der Waals surface area contributed by atoms with E-state index in [9.17, 15) is 0 Å². The summed E-state index contributed by atoms with van der Waals surface area (Å²) in [6.45, 7) is 8.65. The van der Waals surface area contributed by atoms with Gasteiger partial charge in [-0.2, -0.15) is 0 Å². The van der Waals surface area contributed by atoms with E-state index in [4.69, 9.17) is 20.3 Å². The lowest BCUT2D eigenvalue weighted by Gasteiger charge is -2.19. The molecule has 0 aliphatic carbocycles. The van der Waals surface area contributed by atoms with Crippen LogP contribution in [0.2, 0.25) is 0 Å². The molecule has 10 heteroatoms. The molecule has 3 heterocycles. The quantitative estimate of drug-likeness (QED) is 0.681. The fourth-order valence-corrected chi connectivity index (χ4v) is 3.47. The van der Waals surface area contributed by atoms with Crippen molar-refractivity contribution in [2.24, 2.45) is 31.4 Å². The van der Waals surface area contributed by atoms with Gasteiger partial charge in [-0.15, -0.1) is 0 Å². The van der Waals surface area contributed by atoms with E-state index < -0.39 is 0 Å². The van der Waals surface area contributed by atoms with Crippen LogP contribution in [0.4, 0.5) is 0 Å². The smallest absolute Gasteiger partial charge is 0.145 e. The van der Waals surface area contributed by atoms with E-state index in [1.54, 1.807) is 24.9 Å². The first-order valence-corrected chi connectivity index (χ1v) is 11.8. The normalized spacial score (nSPS) is 17.7. The monoisotopic (exact) mass is 468 g/mol. The summed E-state index contributed by atoms with van der Waals surface area (Å²) in [4.78, 5) is 22.5. The lowest BCUT2D eigenvalue weighted by atomic mass is 10.4. The fraction of sp³-hybridized carbons (Fsp3) is 0.500. The number of nitrogens with zero attached hydrogens (tertiary/aromatic N) is 6. The van der Waals surface area contributed by atoms with Gasteiger partial charge < -0.3 is 20.3 Å². The maximum Gasteiger partial charge on any atom is 0.145 e. The number of hydrogen-bond acceptors (Lipinski definition) is 10. The molecule has 0 radical (unpaired) electrons. The Morgan fingerprint density at radius 1 is 0.559 bits per heavy atom. The SMILES string of the molecule is NCCN1CCN=Cc2ccc(o2)C=NCCN(CCN)CCN=Cc2ccc(o2)C=NCC1. The number of rotatable bonds is 4. The average molecular weight is 469 g/mol. The number of nitrogens with two attached hydrogens (primary N) is 2. The van der Waals surface area contributed by atoms with Crippen LogP contribution >= 0.6 is 0 Å². The van der Waals surface area contributed by atoms with Crippen LogP contribution in [-0.4, -0.2) is 113 Å². The second kappa shape index (κ2) is 15.1. The molecule has 0 amide bonds. The summed E-state index contributed by atoms with van der Waals surface area (Å²) < 4.78 is 11.5. The first-order chi connectivity index (χ1) is 16.8. The van der Waals surface area contributed by atoms with Crippen LogP contribution in [0.1, 0.15) is 23.0 Å². The standard InChI is InChI=1S/C24H36N8O2/c25-5-11-31-13-7-27-17-21-1-2-22(33-21)18-28-8-14-32(12-6-26)16-10-30-20-24-4-3-23(34-24)19-29-9-15-31/h1-4,17-20H,5-16,25-26H2. The fourth-order valence-electron chi connectivity index (χ4n) is 3.47. The summed E-state index contributed by atoms with van der Waals surface area (Å²) in [5.41, 5.74) is 11.5. The zero-order valence-corrected chi connectivity index (χ0v) is 19.8. The first-order valence-electron chi connectivity index (χ1n) is 11.8. The van der Waals surface area contributed by atoms with Crippen molar-refractivity contribution in [3.63, 3.8) is 0 Å². The molecule has 4 N–H and O–H groups in total. The Hall–Kier alpha value is -2.92. The van der Waals surface area contributed by atoms with Crippen LogP contribution in [0.3, 0.4) is 0 Å². The zero-order valence-electron chi connectivity index (χ0n) is 19.8. The Morgan fingerprint density at radius 2 is 0.853 bits per heavy atom. The van der Waals surface area contributed by atoms with Crippen LogP contribution in [0.15, 0.2) is 53.1 Å². The Labute approximate surface area is 201 Å². The summed E-state index contributed by atoms with van der Waals surface area (Å²) >= 11 is 0. The Morgan fingerprint density at radius 3 is 1.12 bits per heavy atom. The maximum atomic E-state index is 5.77. The zero-order chi connectivity index (χ0) is 23.8. The molecule has 0 aromatic carbocycles. The van der Waals surface area contributed by atoms with Crippen molar-refractivity contribution in [1.29, 1.82) is 0 Å². The highest BCUT2D eigenvalue weighted by atomic mass is 16.3. The summed E-state index contributed by atoms with van der Waals surface area (Å²) in [5.74, 6) is 2.86. The van der Waals surface area contributed by atoms with E-state index in [0.717, 1.165) is 39.3 Å². The van der Waals surface area contributed by atoms with E-state index >= 15 is 0 Å². The van der Waals surface area contributed by atoms with E-state index in [-0.39, 0.29) is 0 Å². The van der Waals surface area contributed by atoms with Crippen molar-refractivity contribution in [2.75, 3.05) is 78.5 Å². The second-order valence-electron chi connectivity index (χ2n) is 7.88. The molecule has 34 heavy (non-hydrogen) atoms. The van der Waals surface area contributed by atoms with E-state index in [0.29, 0.717) is 62.3 Å². The maximum absolute atomic E-state index is 5.77. The van der Waals surface area contributed by atoms with Gasteiger partial charge in [0.15, 0.2) is 0 Å². The number of hydrogen-bond donors (Lipinski definition) is 2. The molecule has 1 aliphatic rings. The van der Waals surface area contributed by atoms with Crippen LogP contribution in [0, 0.1) is 0 Å². The molecule has 184 valence electrons. The van der Waals surface area contributed by atoms with E-state index in [1.807, 2.05) is 24.3 Å².